The van der Waals surface area contributed by atoms with Crippen LogP contribution in [0.15, 0.2) is 102 Å². The lowest BCUT2D eigenvalue weighted by Crippen LogP contribution is -1.98. The second-order valence-corrected chi connectivity index (χ2v) is 8.34. The van der Waals surface area contributed by atoms with Gasteiger partial charge in [0.15, 0.2) is 0 Å². The van der Waals surface area contributed by atoms with E-state index in [1.807, 2.05) is 6.08 Å². The Morgan fingerprint density at radius 2 is 1.38 bits per heavy atom. The van der Waals surface area contributed by atoms with Gasteiger partial charge in [0, 0.05) is 21.9 Å². The highest BCUT2D eigenvalue weighted by Gasteiger charge is 2.24. The van der Waals surface area contributed by atoms with E-state index in [-0.39, 0.29) is 0 Å². The summed E-state index contributed by atoms with van der Waals surface area (Å²) >= 11 is 0. The molecule has 158 valence electrons. The van der Waals surface area contributed by atoms with Gasteiger partial charge in [-0.05, 0) is 41.3 Å². The Kier molecular flexibility index (Phi) is 5.64. The molecule has 1 heteroatoms. The maximum Gasteiger partial charge on any atom is 0.143 e. The van der Waals surface area contributed by atoms with Crippen molar-refractivity contribution in [2.45, 2.75) is 32.6 Å². The predicted molar refractivity (Wildman–Crippen MR) is 137 cm³/mol. The van der Waals surface area contributed by atoms with Crippen LogP contribution in [0.4, 0.5) is 0 Å². The lowest BCUT2D eigenvalue weighted by atomic mass is 9.87. The number of hydrogen-bond donors (Lipinski definition) is 0. The Morgan fingerprint density at radius 1 is 0.750 bits per heavy atom. The topological polar surface area (TPSA) is 13.1 Å². The minimum Gasteiger partial charge on any atom is -0.455 e. The van der Waals surface area contributed by atoms with Crippen LogP contribution in [0.3, 0.4) is 0 Å². The van der Waals surface area contributed by atoms with Gasteiger partial charge in [0.1, 0.15) is 11.3 Å². The molecule has 0 aliphatic heterocycles. The van der Waals surface area contributed by atoms with Crippen molar-refractivity contribution in [3.05, 3.63) is 109 Å². The number of benzene rings is 4. The summed E-state index contributed by atoms with van der Waals surface area (Å²) in [5.41, 5.74) is 7.30. The number of rotatable bonds is 7. The van der Waals surface area contributed by atoms with Crippen molar-refractivity contribution in [3.8, 4) is 22.5 Å². The van der Waals surface area contributed by atoms with Crippen LogP contribution < -0.4 is 0 Å². The van der Waals surface area contributed by atoms with Crippen LogP contribution in [0.25, 0.3) is 44.2 Å². The number of hydrogen-bond acceptors (Lipinski definition) is 1. The fraction of sp³-hybridized carbons (Fsp3) is 0.161. The quantitative estimate of drug-likeness (QED) is 0.241. The second kappa shape index (κ2) is 8.88. The van der Waals surface area contributed by atoms with E-state index in [4.69, 9.17) is 4.42 Å². The summed E-state index contributed by atoms with van der Waals surface area (Å²) in [6.07, 6.45) is 6.23. The summed E-state index contributed by atoms with van der Waals surface area (Å²) in [5.74, 6) is 0.949. The molecule has 0 unspecified atom stereocenters. The van der Waals surface area contributed by atoms with E-state index < -0.39 is 0 Å². The third-order valence-corrected chi connectivity index (χ3v) is 6.30. The van der Waals surface area contributed by atoms with Crippen molar-refractivity contribution in [3.63, 3.8) is 0 Å². The van der Waals surface area contributed by atoms with Crippen molar-refractivity contribution >= 4 is 21.7 Å². The number of unbranched alkanes of at least 4 members (excludes halogenated alkanes) is 1. The Morgan fingerprint density at radius 3 is 2.03 bits per heavy atom. The van der Waals surface area contributed by atoms with Crippen molar-refractivity contribution in [1.82, 2.24) is 0 Å². The first-order valence-electron chi connectivity index (χ1n) is 11.5. The highest BCUT2D eigenvalue weighted by atomic mass is 16.3. The van der Waals surface area contributed by atoms with E-state index in [0.29, 0.717) is 0 Å². The van der Waals surface area contributed by atoms with Gasteiger partial charge in [-0.1, -0.05) is 104 Å². The maximum atomic E-state index is 6.78. The molecule has 0 aliphatic carbocycles. The van der Waals surface area contributed by atoms with Gasteiger partial charge in [0.25, 0.3) is 0 Å². The third-order valence-electron chi connectivity index (χ3n) is 6.30. The molecular formula is C31H28O. The summed E-state index contributed by atoms with van der Waals surface area (Å²) in [5, 5.41) is 3.72. The largest absolute Gasteiger partial charge is 0.455 e. The van der Waals surface area contributed by atoms with Crippen LogP contribution in [0.2, 0.25) is 0 Å². The Labute approximate surface area is 190 Å². The Balaban J connectivity index is 1.99. The molecule has 4 aromatic carbocycles. The molecule has 0 saturated carbocycles. The van der Waals surface area contributed by atoms with Gasteiger partial charge in [0.05, 0.1) is 0 Å². The lowest BCUT2D eigenvalue weighted by Gasteiger charge is -2.15. The molecule has 0 spiro atoms. The summed E-state index contributed by atoms with van der Waals surface area (Å²) in [7, 11) is 0. The van der Waals surface area contributed by atoms with Gasteiger partial charge in [-0.25, -0.2) is 0 Å². The van der Waals surface area contributed by atoms with E-state index in [9.17, 15) is 0 Å². The molecule has 0 amide bonds. The lowest BCUT2D eigenvalue weighted by molar-refractivity contribution is 0.635. The van der Waals surface area contributed by atoms with Gasteiger partial charge in [-0.2, -0.15) is 0 Å². The first-order valence-corrected chi connectivity index (χ1v) is 11.5. The molecule has 0 atom stereocenters. The summed E-state index contributed by atoms with van der Waals surface area (Å²) in [6.45, 7) is 6.33. The van der Waals surface area contributed by atoms with Gasteiger partial charge < -0.3 is 4.42 Å². The molecule has 32 heavy (non-hydrogen) atoms. The zero-order chi connectivity index (χ0) is 21.9. The van der Waals surface area contributed by atoms with E-state index in [2.05, 4.69) is 98.4 Å². The Bertz CT molecular complexity index is 1370. The van der Waals surface area contributed by atoms with Crippen LogP contribution in [-0.2, 0) is 12.8 Å². The van der Waals surface area contributed by atoms with Gasteiger partial charge in [0.2, 0.25) is 0 Å². The average Bonchev–Trinajstić information content (AvgIpc) is 3.26. The molecular weight excluding hydrogens is 388 g/mol. The molecule has 1 aromatic heterocycles. The fourth-order valence-electron chi connectivity index (χ4n) is 4.85. The first-order chi connectivity index (χ1) is 15.8. The van der Waals surface area contributed by atoms with Crippen LogP contribution in [0, 0.1) is 0 Å². The minimum atomic E-state index is 0.857. The van der Waals surface area contributed by atoms with Crippen LogP contribution in [-0.4, -0.2) is 0 Å². The van der Waals surface area contributed by atoms with E-state index >= 15 is 0 Å². The Hall–Kier alpha value is -3.58. The maximum absolute atomic E-state index is 6.78. The SMILES string of the molecule is C=CCc1c(CCCC)c2c(-c3ccccc3)c(-c3ccccc3)oc2c2ccccc12. The van der Waals surface area contributed by atoms with Gasteiger partial charge in [-0.15, -0.1) is 6.58 Å². The molecule has 0 radical (unpaired) electrons. The summed E-state index contributed by atoms with van der Waals surface area (Å²) in [6, 6.07) is 29.9. The number of aryl methyl sites for hydroxylation is 1. The average molecular weight is 417 g/mol. The molecule has 1 nitrogen and oxygen atoms in total. The predicted octanol–water partition coefficient (Wildman–Crippen LogP) is 8.99. The molecule has 1 heterocycles. The van der Waals surface area contributed by atoms with Crippen LogP contribution in [0.1, 0.15) is 30.9 Å². The third kappa shape index (κ3) is 3.44. The van der Waals surface area contributed by atoms with Gasteiger partial charge >= 0.3 is 0 Å². The second-order valence-electron chi connectivity index (χ2n) is 8.34. The minimum absolute atomic E-state index is 0.857. The number of allylic oxidation sites excluding steroid dienone is 1. The molecule has 0 fully saturated rings. The monoisotopic (exact) mass is 416 g/mol. The van der Waals surface area contributed by atoms with Crippen molar-refractivity contribution < 1.29 is 4.42 Å². The van der Waals surface area contributed by atoms with Crippen molar-refractivity contribution in [2.75, 3.05) is 0 Å². The molecule has 0 aliphatic rings. The molecule has 0 saturated heterocycles. The first kappa shape index (κ1) is 20.3. The van der Waals surface area contributed by atoms with Crippen molar-refractivity contribution in [2.24, 2.45) is 0 Å². The normalized spacial score (nSPS) is 11.3. The standard InChI is InChI=1S/C31H28O/c1-3-5-19-26-24(14-4-2)25-20-12-13-21-27(25)31-29(26)28(22-15-8-6-9-16-22)30(32-31)23-17-10-7-11-18-23/h4,6-13,15-18,20-21H,2-3,5,14,19H2,1H3. The summed E-state index contributed by atoms with van der Waals surface area (Å²) < 4.78 is 6.78. The molecule has 0 N–H and O–H groups in total. The molecule has 0 bridgehead atoms. The summed E-state index contributed by atoms with van der Waals surface area (Å²) in [4.78, 5) is 0. The molecule has 5 aromatic rings. The van der Waals surface area contributed by atoms with Crippen LogP contribution >= 0.6 is 0 Å². The zero-order valence-electron chi connectivity index (χ0n) is 18.6. The zero-order valence-corrected chi connectivity index (χ0v) is 18.6. The fourth-order valence-corrected chi connectivity index (χ4v) is 4.85. The van der Waals surface area contributed by atoms with E-state index in [0.717, 1.165) is 42.6 Å². The number of furan rings is 1. The van der Waals surface area contributed by atoms with Crippen LogP contribution in [0.5, 0.6) is 0 Å². The van der Waals surface area contributed by atoms with E-state index in [1.54, 1.807) is 0 Å². The smallest absolute Gasteiger partial charge is 0.143 e. The van der Waals surface area contributed by atoms with E-state index in [1.165, 1.54) is 38.4 Å². The van der Waals surface area contributed by atoms with Gasteiger partial charge in [-0.3, -0.25) is 0 Å². The molecule has 5 rings (SSSR count). The number of fused-ring (bicyclic) bond motifs is 3. The van der Waals surface area contributed by atoms with Crippen molar-refractivity contribution in [1.29, 1.82) is 0 Å². The highest BCUT2D eigenvalue weighted by Crippen LogP contribution is 2.46. The highest BCUT2D eigenvalue weighted by molar-refractivity contribution is 6.15.